The first-order valence-corrected chi connectivity index (χ1v) is 28.2. The van der Waals surface area contributed by atoms with E-state index in [2.05, 4.69) is 52.0 Å². The van der Waals surface area contributed by atoms with Gasteiger partial charge >= 0.3 is 17.6 Å². The highest BCUT2D eigenvalue weighted by Gasteiger charge is 2.45. The number of rotatable bonds is 42. The van der Waals surface area contributed by atoms with Crippen LogP contribution in [0.2, 0.25) is 0 Å². The van der Waals surface area contributed by atoms with Gasteiger partial charge in [0.2, 0.25) is 0 Å². The van der Waals surface area contributed by atoms with Crippen LogP contribution in [0.4, 0.5) is 5.82 Å². The number of aliphatic hydroxyl groups is 2. The van der Waals surface area contributed by atoms with Gasteiger partial charge in [0.15, 0.2) is 12.3 Å². The molecule has 22 heteroatoms. The van der Waals surface area contributed by atoms with Crippen LogP contribution in [0.25, 0.3) is 0 Å². The summed E-state index contributed by atoms with van der Waals surface area (Å²) < 4.78 is 55.8. The molecule has 1 aliphatic heterocycles. The Bertz CT molecular complexity index is 1740. The van der Waals surface area contributed by atoms with Crippen molar-refractivity contribution in [2.24, 2.45) is 0 Å². The summed E-state index contributed by atoms with van der Waals surface area (Å²) in [7, 11) is -11.5. The number of unbranched alkanes of at least 4 members (excludes halogenated alkanes) is 22. The van der Waals surface area contributed by atoms with Gasteiger partial charge in [0.05, 0.1) is 13.2 Å². The molecule has 1 aromatic heterocycles. The number of nitrogen functional groups attached to an aromatic ring is 1. The molecule has 1 saturated heterocycles. The fourth-order valence-electron chi connectivity index (χ4n) is 7.52. The van der Waals surface area contributed by atoms with Crippen LogP contribution in [-0.4, -0.2) is 75.9 Å². The van der Waals surface area contributed by atoms with Gasteiger partial charge in [-0.1, -0.05) is 141 Å². The Morgan fingerprint density at radius 1 is 0.700 bits per heavy atom. The SMILES string of the molecule is CCCCCCCC/C=C\CCCCCCCC(=O)OC[C@H](COP(=O)([O-])OP(=O)([O-])OC[C@H]1O[C@@H](n2ccc(N)nc2=O)[C@H](O)[C@@H]1O)OC(=O)CCCCCCC/C=C\CCCCCCCC.[NH4+].[NH4+]. The molecule has 70 heavy (non-hydrogen) atoms. The van der Waals surface area contributed by atoms with Gasteiger partial charge in [-0.3, -0.25) is 23.3 Å². The largest absolute Gasteiger partial charge is 0.756 e. The monoisotopic (exact) mass is 1040 g/mol. The predicted molar refractivity (Wildman–Crippen MR) is 269 cm³/mol. The zero-order chi connectivity index (χ0) is 49.9. The maximum Gasteiger partial charge on any atom is 0.351 e. The lowest BCUT2D eigenvalue weighted by atomic mass is 10.1. The van der Waals surface area contributed by atoms with Crippen molar-refractivity contribution in [1.29, 1.82) is 0 Å². The number of nitrogens with zero attached hydrogens (tertiary/aromatic N) is 2. The summed E-state index contributed by atoms with van der Waals surface area (Å²) in [6.07, 6.45) is 30.6. The van der Waals surface area contributed by atoms with Crippen LogP contribution in [0, 0.1) is 0 Å². The van der Waals surface area contributed by atoms with E-state index in [1.54, 1.807) is 0 Å². The summed E-state index contributed by atoms with van der Waals surface area (Å²) in [5, 5.41) is 20.8. The number of phosphoric acid groups is 2. The summed E-state index contributed by atoms with van der Waals surface area (Å²) in [4.78, 5) is 66.4. The average Bonchev–Trinajstić information content (AvgIpc) is 3.57. The number of hydrogen-bond donors (Lipinski definition) is 5. The van der Waals surface area contributed by atoms with Crippen molar-refractivity contribution in [2.45, 2.75) is 224 Å². The van der Waals surface area contributed by atoms with E-state index in [0.717, 1.165) is 87.8 Å². The van der Waals surface area contributed by atoms with Crippen LogP contribution >= 0.6 is 15.6 Å². The van der Waals surface area contributed by atoms with Crippen LogP contribution in [0.1, 0.15) is 200 Å². The van der Waals surface area contributed by atoms with Crippen LogP contribution in [0.5, 0.6) is 0 Å². The molecule has 1 aliphatic rings. The summed E-state index contributed by atoms with van der Waals surface area (Å²) >= 11 is 0. The highest BCUT2D eigenvalue weighted by atomic mass is 31.3. The van der Waals surface area contributed by atoms with Crippen LogP contribution in [0.3, 0.4) is 0 Å². The number of ether oxygens (including phenoxy) is 3. The van der Waals surface area contributed by atoms with Gasteiger partial charge in [-0.15, -0.1) is 0 Å². The fraction of sp³-hybridized carbons (Fsp3) is 0.792. The molecule has 0 saturated carbocycles. The van der Waals surface area contributed by atoms with Crippen LogP contribution in [0.15, 0.2) is 41.4 Å². The molecule has 0 aliphatic carbocycles. The van der Waals surface area contributed by atoms with E-state index in [-0.39, 0.29) is 31.0 Å². The molecule has 20 nitrogen and oxygen atoms in total. The first-order valence-electron chi connectivity index (χ1n) is 25.3. The van der Waals surface area contributed by atoms with Crippen molar-refractivity contribution in [3.63, 3.8) is 0 Å². The summed E-state index contributed by atoms with van der Waals surface area (Å²) in [5.74, 6) is -1.38. The number of nitrogens with two attached hydrogens (primary N) is 1. The molecule has 12 N–H and O–H groups in total. The quantitative estimate of drug-likeness (QED) is 0.0176. The summed E-state index contributed by atoms with van der Waals surface area (Å²) in [5.41, 5.74) is 4.56. The highest BCUT2D eigenvalue weighted by molar-refractivity contribution is 7.59. The second kappa shape index (κ2) is 40.6. The first kappa shape index (κ1) is 67.2. The average molecular weight is 1040 g/mol. The lowest BCUT2D eigenvalue weighted by Crippen LogP contribution is -2.36. The fourth-order valence-corrected chi connectivity index (χ4v) is 9.56. The predicted octanol–water partition coefficient (Wildman–Crippen LogP) is 9.71. The molecule has 1 aromatic rings. The molecule has 2 rings (SSSR count). The molecule has 0 bridgehead atoms. The Kier molecular flexibility index (Phi) is 39.0. The third-order valence-corrected chi connectivity index (χ3v) is 14.0. The molecule has 408 valence electrons. The van der Waals surface area contributed by atoms with Gasteiger partial charge < -0.3 is 61.3 Å². The second-order valence-electron chi connectivity index (χ2n) is 17.6. The molecule has 0 aromatic carbocycles. The maximum atomic E-state index is 12.8. The molecule has 7 atom stereocenters. The lowest BCUT2D eigenvalue weighted by Gasteiger charge is -2.32. The van der Waals surface area contributed by atoms with E-state index in [4.69, 9.17) is 24.5 Å². The zero-order valence-corrected chi connectivity index (χ0v) is 44.6. The molecular weight excluding hydrogens is 948 g/mol. The van der Waals surface area contributed by atoms with Crippen LogP contribution < -0.4 is 33.5 Å². The highest BCUT2D eigenvalue weighted by Crippen LogP contribution is 2.56. The molecular formula is C48H91N5O15P2. The van der Waals surface area contributed by atoms with Gasteiger partial charge in [0.25, 0.3) is 15.6 Å². The third kappa shape index (κ3) is 32.3. The van der Waals surface area contributed by atoms with Crippen molar-refractivity contribution < 1.29 is 66.3 Å². The van der Waals surface area contributed by atoms with Gasteiger partial charge in [-0.05, 0) is 70.3 Å². The Labute approximate surface area is 417 Å². The lowest BCUT2D eigenvalue weighted by molar-refractivity contribution is -0.246. The van der Waals surface area contributed by atoms with Gasteiger partial charge in [0, 0.05) is 19.0 Å². The van der Waals surface area contributed by atoms with E-state index in [1.807, 2.05) is 0 Å². The summed E-state index contributed by atoms with van der Waals surface area (Å²) in [6, 6.07) is 1.23. The van der Waals surface area contributed by atoms with Gasteiger partial charge in [0.1, 0.15) is 30.7 Å². The van der Waals surface area contributed by atoms with Crippen molar-refractivity contribution in [3.05, 3.63) is 47.1 Å². The van der Waals surface area contributed by atoms with Crippen molar-refractivity contribution in [1.82, 2.24) is 21.9 Å². The first-order chi connectivity index (χ1) is 32.7. The number of quaternary nitrogens is 2. The molecule has 0 amide bonds. The Morgan fingerprint density at radius 2 is 1.14 bits per heavy atom. The van der Waals surface area contributed by atoms with Crippen molar-refractivity contribution in [2.75, 3.05) is 25.6 Å². The number of hydrogen-bond acceptors (Lipinski definition) is 17. The molecule has 2 heterocycles. The molecule has 2 unspecified atom stereocenters. The van der Waals surface area contributed by atoms with E-state index in [0.29, 0.717) is 12.8 Å². The molecule has 0 spiro atoms. The van der Waals surface area contributed by atoms with E-state index in [9.17, 15) is 43.5 Å². The number of aromatic nitrogens is 2. The number of phosphoric ester groups is 2. The normalized spacial score (nSPS) is 19.1. The standard InChI is InChI=1S/C48H85N3O15P2.2H3N/c1-3-5-7-9-11-13-15-17-19-21-23-25-27-29-31-33-43(52)61-37-40(64-44(53)34-32-30-28-26-24-22-20-18-16-14-12-10-8-6-4-2)38-62-67(57,58)66-68(59,60)63-39-41-45(54)46(55)47(65-41)51-36-35-42(49)50-48(51)56;;/h17-20,35-36,40-41,45-47,54-55H,3-16,21-34,37-39H2,1-2H3,(H,57,58)(H,59,60)(H2,49,50,56);2*1H3/b19-17-,20-18-;;/t40-,41-,45-,46-,47-;;/m1../s1. The minimum Gasteiger partial charge on any atom is -0.756 e. The number of carbonyl (C=O) groups is 2. The Hall–Kier alpha value is -2.84. The number of aliphatic hydroxyl groups excluding tert-OH is 2. The number of esters is 2. The smallest absolute Gasteiger partial charge is 0.351 e. The van der Waals surface area contributed by atoms with Gasteiger partial charge in [-0.2, -0.15) is 4.98 Å². The Morgan fingerprint density at radius 3 is 1.63 bits per heavy atom. The topological polar surface area (TPSA) is 344 Å². The van der Waals surface area contributed by atoms with Crippen molar-refractivity contribution >= 4 is 33.4 Å². The Balaban J connectivity index is 0.0000238. The van der Waals surface area contributed by atoms with Crippen LogP contribution in [-0.2, 0) is 46.3 Å². The molecule has 0 radical (unpaired) electrons. The van der Waals surface area contributed by atoms with Crippen molar-refractivity contribution in [3.8, 4) is 0 Å². The summed E-state index contributed by atoms with van der Waals surface area (Å²) in [6.45, 7) is 1.91. The maximum absolute atomic E-state index is 12.8. The molecule has 1 fully saturated rings. The minimum atomic E-state index is -5.74. The number of allylic oxidation sites excluding steroid dienone is 4. The second-order valence-corrected chi connectivity index (χ2v) is 20.6. The zero-order valence-electron chi connectivity index (χ0n) is 42.8. The third-order valence-electron chi connectivity index (χ3n) is 11.5. The van der Waals surface area contributed by atoms with E-state index in [1.165, 1.54) is 83.1 Å². The van der Waals surface area contributed by atoms with Gasteiger partial charge in [-0.25, -0.2) is 9.11 Å². The number of anilines is 1. The minimum absolute atomic E-state index is 0. The van der Waals surface area contributed by atoms with E-state index < -0.39 is 83.7 Å². The van der Waals surface area contributed by atoms with E-state index >= 15 is 0 Å². The number of carbonyl (C=O) groups excluding carboxylic acids is 2.